The van der Waals surface area contributed by atoms with Gasteiger partial charge in [0.25, 0.3) is 0 Å². The van der Waals surface area contributed by atoms with Gasteiger partial charge in [-0.1, -0.05) is 31.0 Å². The Bertz CT molecular complexity index is 400. The van der Waals surface area contributed by atoms with Gasteiger partial charge in [-0.2, -0.15) is 0 Å². The van der Waals surface area contributed by atoms with Crippen molar-refractivity contribution >= 4 is 11.6 Å². The second-order valence-corrected chi connectivity index (χ2v) is 5.38. The molecule has 0 bridgehead atoms. The second-order valence-electron chi connectivity index (χ2n) is 5.38. The smallest absolute Gasteiger partial charge is 0.238 e. The number of hydrogen-bond donors (Lipinski definition) is 3. The van der Waals surface area contributed by atoms with Gasteiger partial charge < -0.3 is 15.7 Å². The molecule has 2 rings (SSSR count). The van der Waals surface area contributed by atoms with Gasteiger partial charge in [-0.25, -0.2) is 0 Å². The molecule has 0 atom stereocenters. The standard InChI is InChI=1S/C15H22N2O2/c18-12-15(8-4-5-9-15)11-16-10-14(19)17-13-6-2-1-3-7-13/h1-3,6-7,16,18H,4-5,8-12H2,(H,17,19). The van der Waals surface area contributed by atoms with E-state index in [0.29, 0.717) is 6.54 Å². The molecule has 3 N–H and O–H groups in total. The SMILES string of the molecule is O=C(CNCC1(CO)CCCC1)Nc1ccccc1. The second kappa shape index (κ2) is 6.68. The Morgan fingerprint density at radius 1 is 1.21 bits per heavy atom. The monoisotopic (exact) mass is 262 g/mol. The van der Waals surface area contributed by atoms with Crippen LogP contribution in [0.4, 0.5) is 5.69 Å². The average Bonchev–Trinajstić information content (AvgIpc) is 2.89. The topological polar surface area (TPSA) is 61.4 Å². The molecule has 1 saturated carbocycles. The van der Waals surface area contributed by atoms with Crippen molar-refractivity contribution in [2.45, 2.75) is 25.7 Å². The number of para-hydroxylation sites is 1. The van der Waals surface area contributed by atoms with Crippen LogP contribution in [0.15, 0.2) is 30.3 Å². The number of aliphatic hydroxyl groups is 1. The van der Waals surface area contributed by atoms with Gasteiger partial charge in [0.15, 0.2) is 0 Å². The van der Waals surface area contributed by atoms with Crippen LogP contribution in [-0.4, -0.2) is 30.7 Å². The summed E-state index contributed by atoms with van der Waals surface area (Å²) >= 11 is 0. The highest BCUT2D eigenvalue weighted by Crippen LogP contribution is 2.36. The Labute approximate surface area is 114 Å². The first kappa shape index (κ1) is 14.0. The molecule has 0 unspecified atom stereocenters. The number of anilines is 1. The summed E-state index contributed by atoms with van der Waals surface area (Å²) in [7, 11) is 0. The summed E-state index contributed by atoms with van der Waals surface area (Å²) in [6.45, 7) is 1.21. The van der Waals surface area contributed by atoms with Crippen molar-refractivity contribution in [2.75, 3.05) is 25.0 Å². The predicted octanol–water partition coefficient (Wildman–Crippen LogP) is 1.77. The lowest BCUT2D eigenvalue weighted by molar-refractivity contribution is -0.115. The molecule has 0 radical (unpaired) electrons. The van der Waals surface area contributed by atoms with Crippen molar-refractivity contribution in [1.29, 1.82) is 0 Å². The zero-order chi connectivity index (χ0) is 13.6. The third-order valence-electron chi connectivity index (χ3n) is 3.84. The van der Waals surface area contributed by atoms with Gasteiger partial charge in [0.2, 0.25) is 5.91 Å². The quantitative estimate of drug-likeness (QED) is 0.732. The molecule has 104 valence electrons. The Morgan fingerprint density at radius 3 is 2.53 bits per heavy atom. The summed E-state index contributed by atoms with van der Waals surface area (Å²) in [6, 6.07) is 9.43. The molecule has 1 amide bonds. The fraction of sp³-hybridized carbons (Fsp3) is 0.533. The van der Waals surface area contributed by atoms with E-state index in [1.165, 1.54) is 12.8 Å². The molecule has 0 heterocycles. The number of aliphatic hydroxyl groups excluding tert-OH is 1. The van der Waals surface area contributed by atoms with Crippen molar-refractivity contribution in [3.63, 3.8) is 0 Å². The van der Waals surface area contributed by atoms with Crippen LogP contribution in [0.2, 0.25) is 0 Å². The minimum Gasteiger partial charge on any atom is -0.396 e. The third kappa shape index (κ3) is 4.04. The highest BCUT2D eigenvalue weighted by atomic mass is 16.3. The largest absolute Gasteiger partial charge is 0.396 e. The summed E-state index contributed by atoms with van der Waals surface area (Å²) in [5, 5.41) is 15.5. The normalized spacial score (nSPS) is 17.3. The van der Waals surface area contributed by atoms with E-state index in [-0.39, 0.29) is 24.5 Å². The van der Waals surface area contributed by atoms with E-state index in [1.807, 2.05) is 30.3 Å². The van der Waals surface area contributed by atoms with Gasteiger partial charge >= 0.3 is 0 Å². The Kier molecular flexibility index (Phi) is 4.93. The number of amides is 1. The van der Waals surface area contributed by atoms with E-state index in [9.17, 15) is 9.90 Å². The van der Waals surface area contributed by atoms with Crippen LogP contribution in [0.5, 0.6) is 0 Å². The fourth-order valence-electron chi connectivity index (χ4n) is 2.68. The van der Waals surface area contributed by atoms with Crippen molar-refractivity contribution in [1.82, 2.24) is 5.32 Å². The van der Waals surface area contributed by atoms with Crippen LogP contribution in [0.3, 0.4) is 0 Å². The maximum Gasteiger partial charge on any atom is 0.238 e. The summed E-state index contributed by atoms with van der Waals surface area (Å²) in [6.07, 6.45) is 4.46. The molecule has 1 aliphatic rings. The summed E-state index contributed by atoms with van der Waals surface area (Å²) in [5.74, 6) is -0.0442. The Morgan fingerprint density at radius 2 is 1.89 bits per heavy atom. The van der Waals surface area contributed by atoms with Gasteiger partial charge in [0.05, 0.1) is 6.54 Å². The Hall–Kier alpha value is -1.39. The summed E-state index contributed by atoms with van der Waals surface area (Å²) in [5.41, 5.74) is 0.805. The molecule has 0 aromatic heterocycles. The number of nitrogens with one attached hydrogen (secondary N) is 2. The fourth-order valence-corrected chi connectivity index (χ4v) is 2.68. The predicted molar refractivity (Wildman–Crippen MR) is 75.9 cm³/mol. The van der Waals surface area contributed by atoms with E-state index in [0.717, 1.165) is 18.5 Å². The van der Waals surface area contributed by atoms with E-state index in [2.05, 4.69) is 10.6 Å². The molecule has 4 heteroatoms. The van der Waals surface area contributed by atoms with Gasteiger partial charge in [-0.3, -0.25) is 4.79 Å². The highest BCUT2D eigenvalue weighted by Gasteiger charge is 2.32. The lowest BCUT2D eigenvalue weighted by Crippen LogP contribution is -2.38. The van der Waals surface area contributed by atoms with Crippen LogP contribution in [0, 0.1) is 5.41 Å². The van der Waals surface area contributed by atoms with E-state index in [1.54, 1.807) is 0 Å². The van der Waals surface area contributed by atoms with Crippen molar-refractivity contribution in [2.24, 2.45) is 5.41 Å². The van der Waals surface area contributed by atoms with Gasteiger partial charge in [-0.05, 0) is 25.0 Å². The van der Waals surface area contributed by atoms with Crippen LogP contribution < -0.4 is 10.6 Å². The highest BCUT2D eigenvalue weighted by molar-refractivity contribution is 5.92. The lowest BCUT2D eigenvalue weighted by Gasteiger charge is -2.26. The third-order valence-corrected chi connectivity index (χ3v) is 3.84. The minimum absolute atomic E-state index is 0.00692. The first-order valence-corrected chi connectivity index (χ1v) is 6.91. The number of hydrogen-bond acceptors (Lipinski definition) is 3. The first-order valence-electron chi connectivity index (χ1n) is 6.91. The zero-order valence-corrected chi connectivity index (χ0v) is 11.2. The molecule has 19 heavy (non-hydrogen) atoms. The molecule has 1 aliphatic carbocycles. The molecule has 1 fully saturated rings. The molecule has 0 spiro atoms. The lowest BCUT2D eigenvalue weighted by atomic mass is 9.87. The maximum absolute atomic E-state index is 11.7. The summed E-state index contributed by atoms with van der Waals surface area (Å²) < 4.78 is 0. The number of carbonyl (C=O) groups excluding carboxylic acids is 1. The van der Waals surface area contributed by atoms with Gasteiger partial charge in [0, 0.05) is 24.3 Å². The van der Waals surface area contributed by atoms with Crippen molar-refractivity contribution < 1.29 is 9.90 Å². The number of rotatable bonds is 6. The van der Waals surface area contributed by atoms with E-state index >= 15 is 0 Å². The molecular weight excluding hydrogens is 240 g/mol. The van der Waals surface area contributed by atoms with E-state index < -0.39 is 0 Å². The van der Waals surface area contributed by atoms with Crippen LogP contribution in [0.25, 0.3) is 0 Å². The minimum atomic E-state index is -0.0442. The molecule has 0 saturated heterocycles. The molecule has 1 aromatic carbocycles. The van der Waals surface area contributed by atoms with Crippen LogP contribution in [0.1, 0.15) is 25.7 Å². The van der Waals surface area contributed by atoms with Crippen molar-refractivity contribution in [3.8, 4) is 0 Å². The molecular formula is C15H22N2O2. The molecule has 4 nitrogen and oxygen atoms in total. The molecule has 1 aromatic rings. The number of carbonyl (C=O) groups is 1. The van der Waals surface area contributed by atoms with Gasteiger partial charge in [0.1, 0.15) is 0 Å². The zero-order valence-electron chi connectivity index (χ0n) is 11.2. The van der Waals surface area contributed by atoms with E-state index in [4.69, 9.17) is 0 Å². The van der Waals surface area contributed by atoms with Crippen LogP contribution >= 0.6 is 0 Å². The van der Waals surface area contributed by atoms with Crippen molar-refractivity contribution in [3.05, 3.63) is 30.3 Å². The van der Waals surface area contributed by atoms with Crippen LogP contribution in [-0.2, 0) is 4.79 Å². The molecule has 0 aliphatic heterocycles. The number of benzene rings is 1. The Balaban J connectivity index is 1.72. The van der Waals surface area contributed by atoms with Gasteiger partial charge in [-0.15, -0.1) is 0 Å². The first-order chi connectivity index (χ1) is 9.24. The summed E-state index contributed by atoms with van der Waals surface area (Å²) in [4.78, 5) is 11.7. The average molecular weight is 262 g/mol. The maximum atomic E-state index is 11.7.